The highest BCUT2D eigenvalue weighted by molar-refractivity contribution is 7.98. The van der Waals surface area contributed by atoms with Crippen LogP contribution in [-0.4, -0.2) is 16.7 Å². The van der Waals surface area contributed by atoms with E-state index in [1.807, 2.05) is 6.92 Å². The van der Waals surface area contributed by atoms with Gasteiger partial charge in [0, 0.05) is 11.4 Å². The Labute approximate surface area is 111 Å². The van der Waals surface area contributed by atoms with Crippen LogP contribution in [0.3, 0.4) is 0 Å². The first kappa shape index (κ1) is 13.1. The number of aromatic nitrogens is 2. The van der Waals surface area contributed by atoms with E-state index in [4.69, 9.17) is 4.52 Å². The lowest BCUT2D eigenvalue weighted by atomic mass is 10.2. The zero-order valence-electron chi connectivity index (χ0n) is 10.6. The zero-order valence-corrected chi connectivity index (χ0v) is 11.5. The van der Waals surface area contributed by atoms with Gasteiger partial charge in [-0.2, -0.15) is 4.98 Å². The average Bonchev–Trinajstić information content (AvgIpc) is 2.80. The Kier molecular flexibility index (Phi) is 4.78. The van der Waals surface area contributed by atoms with Gasteiger partial charge in [-0.3, -0.25) is 0 Å². The molecule has 0 fully saturated rings. The Morgan fingerprint density at radius 1 is 1.39 bits per heavy atom. The van der Waals surface area contributed by atoms with E-state index in [0.29, 0.717) is 17.5 Å². The van der Waals surface area contributed by atoms with Crippen molar-refractivity contribution < 1.29 is 4.52 Å². The van der Waals surface area contributed by atoms with E-state index < -0.39 is 0 Å². The van der Waals surface area contributed by atoms with E-state index in [1.54, 1.807) is 11.8 Å². The first-order chi connectivity index (χ1) is 8.78. The van der Waals surface area contributed by atoms with Gasteiger partial charge in [-0.15, -0.1) is 11.8 Å². The third kappa shape index (κ3) is 3.85. The fourth-order valence-electron chi connectivity index (χ4n) is 1.56. The van der Waals surface area contributed by atoms with Crippen molar-refractivity contribution in [3.8, 4) is 0 Å². The molecule has 0 saturated heterocycles. The van der Waals surface area contributed by atoms with E-state index >= 15 is 0 Å². The molecule has 1 aromatic heterocycles. The minimum Gasteiger partial charge on any atom is -0.338 e. The van der Waals surface area contributed by atoms with E-state index in [0.717, 1.165) is 13.1 Å². The number of hydrogen-bond donors (Lipinski definition) is 1. The second kappa shape index (κ2) is 6.56. The van der Waals surface area contributed by atoms with Crippen molar-refractivity contribution in [1.82, 2.24) is 15.5 Å². The van der Waals surface area contributed by atoms with Crippen LogP contribution in [-0.2, 0) is 12.3 Å². The third-order valence-corrected chi connectivity index (χ3v) is 3.39. The van der Waals surface area contributed by atoms with Crippen molar-refractivity contribution in [2.75, 3.05) is 6.54 Å². The zero-order chi connectivity index (χ0) is 12.8. The SMILES string of the molecule is CCNCc1cccc(SCc2nc(C)no2)c1. The topological polar surface area (TPSA) is 51.0 Å². The van der Waals surface area contributed by atoms with Crippen LogP contribution in [0.25, 0.3) is 0 Å². The fourth-order valence-corrected chi connectivity index (χ4v) is 2.38. The van der Waals surface area contributed by atoms with Gasteiger partial charge in [-0.25, -0.2) is 0 Å². The summed E-state index contributed by atoms with van der Waals surface area (Å²) in [6, 6.07) is 8.50. The van der Waals surface area contributed by atoms with Crippen molar-refractivity contribution in [2.45, 2.75) is 31.0 Å². The van der Waals surface area contributed by atoms with E-state index in [9.17, 15) is 0 Å². The molecule has 0 saturated carbocycles. The lowest BCUT2D eigenvalue weighted by Crippen LogP contribution is -2.11. The lowest BCUT2D eigenvalue weighted by Gasteiger charge is -2.04. The summed E-state index contributed by atoms with van der Waals surface area (Å²) in [7, 11) is 0. The smallest absolute Gasteiger partial charge is 0.236 e. The predicted molar refractivity (Wildman–Crippen MR) is 72.4 cm³/mol. The van der Waals surface area contributed by atoms with Crippen LogP contribution in [0.15, 0.2) is 33.7 Å². The summed E-state index contributed by atoms with van der Waals surface area (Å²) in [6.07, 6.45) is 0. The molecule has 0 atom stereocenters. The highest BCUT2D eigenvalue weighted by atomic mass is 32.2. The number of nitrogens with one attached hydrogen (secondary N) is 1. The largest absolute Gasteiger partial charge is 0.338 e. The molecule has 4 nitrogen and oxygen atoms in total. The number of benzene rings is 1. The van der Waals surface area contributed by atoms with Crippen molar-refractivity contribution in [3.05, 3.63) is 41.5 Å². The summed E-state index contributed by atoms with van der Waals surface area (Å²) in [4.78, 5) is 5.41. The molecule has 0 bridgehead atoms. The molecule has 0 aliphatic heterocycles. The average molecular weight is 263 g/mol. The second-order valence-electron chi connectivity index (χ2n) is 3.95. The quantitative estimate of drug-likeness (QED) is 0.812. The van der Waals surface area contributed by atoms with E-state index in [-0.39, 0.29) is 0 Å². The first-order valence-electron chi connectivity index (χ1n) is 5.99. The van der Waals surface area contributed by atoms with Crippen LogP contribution in [0.4, 0.5) is 0 Å². The molecule has 1 aromatic carbocycles. The van der Waals surface area contributed by atoms with Gasteiger partial charge in [0.1, 0.15) is 0 Å². The van der Waals surface area contributed by atoms with Gasteiger partial charge in [-0.1, -0.05) is 24.2 Å². The number of hydrogen-bond acceptors (Lipinski definition) is 5. The molecule has 5 heteroatoms. The van der Waals surface area contributed by atoms with E-state index in [2.05, 4.69) is 46.6 Å². The number of rotatable bonds is 6. The molecular formula is C13H17N3OS. The monoisotopic (exact) mass is 263 g/mol. The summed E-state index contributed by atoms with van der Waals surface area (Å²) in [5, 5.41) is 7.10. The third-order valence-electron chi connectivity index (χ3n) is 2.41. The van der Waals surface area contributed by atoms with Crippen molar-refractivity contribution in [2.24, 2.45) is 0 Å². The molecular weight excluding hydrogens is 246 g/mol. The summed E-state index contributed by atoms with van der Waals surface area (Å²) in [6.45, 7) is 5.83. The van der Waals surface area contributed by atoms with Gasteiger partial charge in [0.25, 0.3) is 0 Å². The van der Waals surface area contributed by atoms with Gasteiger partial charge < -0.3 is 9.84 Å². The molecule has 0 amide bonds. The first-order valence-corrected chi connectivity index (χ1v) is 6.98. The predicted octanol–water partition coefficient (Wildman–Crippen LogP) is 2.78. The molecule has 96 valence electrons. The maximum absolute atomic E-state index is 5.09. The second-order valence-corrected chi connectivity index (χ2v) is 5.00. The molecule has 2 aromatic rings. The number of aryl methyl sites for hydroxylation is 1. The lowest BCUT2D eigenvalue weighted by molar-refractivity contribution is 0.387. The van der Waals surface area contributed by atoms with Crippen molar-refractivity contribution in [3.63, 3.8) is 0 Å². The molecule has 0 aliphatic carbocycles. The minimum atomic E-state index is 0.676. The number of nitrogens with zero attached hydrogens (tertiary/aromatic N) is 2. The van der Waals surface area contributed by atoms with Crippen molar-refractivity contribution >= 4 is 11.8 Å². The van der Waals surface area contributed by atoms with Crippen molar-refractivity contribution in [1.29, 1.82) is 0 Å². The molecule has 1 N–H and O–H groups in total. The summed E-state index contributed by atoms with van der Waals surface area (Å²) in [5.74, 6) is 2.08. The van der Waals surface area contributed by atoms with Crippen LogP contribution in [0.2, 0.25) is 0 Å². The maximum atomic E-state index is 5.09. The number of thioether (sulfide) groups is 1. The van der Waals surface area contributed by atoms with Gasteiger partial charge in [-0.05, 0) is 31.2 Å². The standard InChI is InChI=1S/C13H17N3OS/c1-3-14-8-11-5-4-6-12(7-11)18-9-13-15-10(2)16-17-13/h4-7,14H,3,8-9H2,1-2H3. The highest BCUT2D eigenvalue weighted by Crippen LogP contribution is 2.22. The summed E-state index contributed by atoms with van der Waals surface area (Å²) >= 11 is 1.71. The van der Waals surface area contributed by atoms with Crippen LogP contribution in [0.1, 0.15) is 24.2 Å². The molecule has 0 unspecified atom stereocenters. The molecule has 0 aliphatic rings. The molecule has 0 spiro atoms. The van der Waals surface area contributed by atoms with Crippen LogP contribution < -0.4 is 5.32 Å². The van der Waals surface area contributed by atoms with Gasteiger partial charge in [0.2, 0.25) is 5.89 Å². The Morgan fingerprint density at radius 2 is 2.28 bits per heavy atom. The van der Waals surface area contributed by atoms with Crippen LogP contribution >= 0.6 is 11.8 Å². The highest BCUT2D eigenvalue weighted by Gasteiger charge is 2.04. The Balaban J connectivity index is 1.92. The maximum Gasteiger partial charge on any atom is 0.236 e. The normalized spacial score (nSPS) is 10.8. The minimum absolute atomic E-state index is 0.676. The Bertz CT molecular complexity index is 498. The molecule has 1 heterocycles. The van der Waals surface area contributed by atoms with Gasteiger partial charge in [0.05, 0.1) is 5.75 Å². The molecule has 0 radical (unpaired) electrons. The van der Waals surface area contributed by atoms with E-state index in [1.165, 1.54) is 10.5 Å². The van der Waals surface area contributed by atoms with Gasteiger partial charge >= 0.3 is 0 Å². The molecule has 2 rings (SSSR count). The van der Waals surface area contributed by atoms with Crippen LogP contribution in [0.5, 0.6) is 0 Å². The summed E-state index contributed by atoms with van der Waals surface area (Å²) < 4.78 is 5.09. The Morgan fingerprint density at radius 3 is 3.00 bits per heavy atom. The summed E-state index contributed by atoms with van der Waals surface area (Å²) in [5.41, 5.74) is 1.29. The van der Waals surface area contributed by atoms with Gasteiger partial charge in [0.15, 0.2) is 5.82 Å². The molecule has 18 heavy (non-hydrogen) atoms. The fraction of sp³-hybridized carbons (Fsp3) is 0.385. The Hall–Kier alpha value is -1.33. The van der Waals surface area contributed by atoms with Crippen LogP contribution in [0, 0.1) is 6.92 Å².